The van der Waals surface area contributed by atoms with E-state index in [0.29, 0.717) is 11.7 Å². The van der Waals surface area contributed by atoms with E-state index in [1.54, 1.807) is 0 Å². The van der Waals surface area contributed by atoms with Gasteiger partial charge in [0, 0.05) is 17.5 Å². The van der Waals surface area contributed by atoms with Gasteiger partial charge in [-0.25, -0.2) is 0 Å². The van der Waals surface area contributed by atoms with Crippen molar-refractivity contribution in [3.8, 4) is 0 Å². The van der Waals surface area contributed by atoms with Gasteiger partial charge in [0.25, 0.3) is 0 Å². The van der Waals surface area contributed by atoms with Crippen molar-refractivity contribution in [2.75, 3.05) is 18.1 Å². The van der Waals surface area contributed by atoms with Gasteiger partial charge < -0.3 is 0 Å². The van der Waals surface area contributed by atoms with E-state index in [1.807, 2.05) is 11.8 Å². The number of hydrogen-bond acceptors (Lipinski definition) is 3. The molecular weight excluding hydrogens is 242 g/mol. The van der Waals surface area contributed by atoms with E-state index in [9.17, 15) is 4.79 Å². The lowest BCUT2D eigenvalue weighted by Gasteiger charge is -2.40. The molecule has 0 aliphatic carbocycles. The van der Waals surface area contributed by atoms with Crippen molar-refractivity contribution < 1.29 is 4.79 Å². The summed E-state index contributed by atoms with van der Waals surface area (Å²) in [5.74, 6) is 4.16. The smallest absolute Gasteiger partial charge is 0.155 e. The predicted molar refractivity (Wildman–Crippen MR) is 79.0 cm³/mol. The van der Waals surface area contributed by atoms with Gasteiger partial charge in [-0.15, -0.1) is 0 Å². The number of carbonyl (C=O) groups is 1. The largest absolute Gasteiger partial charge is 0.297 e. The van der Waals surface area contributed by atoms with Gasteiger partial charge in [-0.1, -0.05) is 20.8 Å². The van der Waals surface area contributed by atoms with E-state index in [2.05, 4.69) is 46.4 Å². The Bertz CT molecular complexity index is 339. The van der Waals surface area contributed by atoms with Gasteiger partial charge in [-0.05, 0) is 44.1 Å². The molecule has 0 radical (unpaired) electrons. The molecule has 104 valence electrons. The highest BCUT2D eigenvalue weighted by atomic mass is 32.2. The first-order valence-corrected chi connectivity index (χ1v) is 8.16. The van der Waals surface area contributed by atoms with Gasteiger partial charge in [0.05, 0.1) is 6.04 Å². The maximum atomic E-state index is 12.8. The summed E-state index contributed by atoms with van der Waals surface area (Å²) in [6, 6.07) is 0.144. The van der Waals surface area contributed by atoms with Crippen LogP contribution in [0.3, 0.4) is 0 Å². The molecule has 2 rings (SSSR count). The van der Waals surface area contributed by atoms with Gasteiger partial charge in [-0.3, -0.25) is 9.69 Å². The van der Waals surface area contributed by atoms with Crippen molar-refractivity contribution in [3.63, 3.8) is 0 Å². The minimum atomic E-state index is -0.226. The molecule has 0 aromatic rings. The molecule has 0 aromatic heterocycles. The average molecular weight is 269 g/mol. The van der Waals surface area contributed by atoms with Crippen LogP contribution >= 0.6 is 11.8 Å². The normalized spacial score (nSPS) is 33.8. The fraction of sp³-hybridized carbons (Fsp3) is 0.933. The van der Waals surface area contributed by atoms with Gasteiger partial charge in [-0.2, -0.15) is 11.8 Å². The molecule has 2 heterocycles. The zero-order valence-electron chi connectivity index (χ0n) is 12.6. The van der Waals surface area contributed by atoms with Crippen molar-refractivity contribution in [3.05, 3.63) is 0 Å². The second-order valence-corrected chi connectivity index (χ2v) is 8.92. The second kappa shape index (κ2) is 4.52. The fourth-order valence-electron chi connectivity index (χ4n) is 3.22. The molecule has 0 aromatic carbocycles. The van der Waals surface area contributed by atoms with Gasteiger partial charge in [0.2, 0.25) is 0 Å². The fourth-order valence-corrected chi connectivity index (χ4v) is 4.74. The molecule has 2 saturated heterocycles. The van der Waals surface area contributed by atoms with Gasteiger partial charge in [0.1, 0.15) is 0 Å². The van der Waals surface area contributed by atoms with E-state index in [4.69, 9.17) is 0 Å². The van der Waals surface area contributed by atoms with Crippen LogP contribution in [0.15, 0.2) is 0 Å². The molecule has 2 aliphatic rings. The Morgan fingerprint density at radius 3 is 2.22 bits per heavy atom. The summed E-state index contributed by atoms with van der Waals surface area (Å²) < 4.78 is 0. The topological polar surface area (TPSA) is 20.3 Å². The van der Waals surface area contributed by atoms with Gasteiger partial charge >= 0.3 is 0 Å². The highest BCUT2D eigenvalue weighted by molar-refractivity contribution is 7.99. The number of rotatable bonds is 1. The Balaban J connectivity index is 2.29. The third-order valence-corrected chi connectivity index (χ3v) is 5.57. The van der Waals surface area contributed by atoms with Crippen LogP contribution < -0.4 is 0 Å². The highest BCUT2D eigenvalue weighted by Crippen LogP contribution is 2.45. The van der Waals surface area contributed by atoms with Crippen LogP contribution in [0.2, 0.25) is 0 Å². The Hall–Kier alpha value is -0.0200. The van der Waals surface area contributed by atoms with Crippen LogP contribution in [0.25, 0.3) is 0 Å². The van der Waals surface area contributed by atoms with E-state index in [0.717, 1.165) is 12.5 Å². The first-order valence-electron chi connectivity index (χ1n) is 7.01. The molecule has 2 nitrogen and oxygen atoms in total. The third-order valence-electron chi connectivity index (χ3n) is 4.29. The lowest BCUT2D eigenvalue weighted by Crippen LogP contribution is -2.52. The third kappa shape index (κ3) is 2.49. The summed E-state index contributed by atoms with van der Waals surface area (Å²) in [4.78, 5) is 15.3. The minimum Gasteiger partial charge on any atom is -0.297 e. The maximum absolute atomic E-state index is 12.8. The number of carbonyl (C=O) groups excluding carboxylic acids is 1. The lowest BCUT2D eigenvalue weighted by atomic mass is 9.80. The summed E-state index contributed by atoms with van der Waals surface area (Å²) in [7, 11) is 0. The lowest BCUT2D eigenvalue weighted by molar-refractivity contribution is -0.133. The quantitative estimate of drug-likeness (QED) is 0.730. The number of Topliss-reactive ketones (excluding diaryl/α,β-unsaturated/α-hetero) is 1. The number of thioether (sulfide) groups is 1. The zero-order chi connectivity index (χ0) is 13.7. The highest BCUT2D eigenvalue weighted by Gasteiger charge is 2.52. The number of nitrogens with zero attached hydrogens (tertiary/aromatic N) is 1. The molecule has 3 unspecified atom stereocenters. The van der Waals surface area contributed by atoms with Crippen LogP contribution in [0.4, 0.5) is 0 Å². The van der Waals surface area contributed by atoms with E-state index < -0.39 is 0 Å². The van der Waals surface area contributed by atoms with Crippen molar-refractivity contribution >= 4 is 17.5 Å². The summed E-state index contributed by atoms with van der Waals surface area (Å²) in [6.45, 7) is 14.0. The summed E-state index contributed by atoms with van der Waals surface area (Å²) in [5, 5.41) is 0. The van der Waals surface area contributed by atoms with Crippen molar-refractivity contribution in [1.82, 2.24) is 4.90 Å². The summed E-state index contributed by atoms with van der Waals surface area (Å²) in [5.41, 5.74) is -0.128. The second-order valence-electron chi connectivity index (χ2n) is 7.84. The molecule has 0 N–H and O–H groups in total. The molecule has 18 heavy (non-hydrogen) atoms. The predicted octanol–water partition coefficient (Wildman–Crippen LogP) is 3.06. The number of hydrogen-bond donors (Lipinski definition) is 0. The van der Waals surface area contributed by atoms with Crippen LogP contribution in [-0.4, -0.2) is 40.3 Å². The molecule has 0 saturated carbocycles. The van der Waals surface area contributed by atoms with Crippen molar-refractivity contribution in [2.45, 2.75) is 53.1 Å². The Kier molecular flexibility index (Phi) is 3.61. The van der Waals surface area contributed by atoms with Crippen molar-refractivity contribution in [2.24, 2.45) is 17.3 Å². The van der Waals surface area contributed by atoms with E-state index in [-0.39, 0.29) is 17.0 Å². The zero-order valence-corrected chi connectivity index (χ0v) is 13.4. The van der Waals surface area contributed by atoms with Crippen LogP contribution in [0.1, 0.15) is 41.5 Å². The molecule has 3 atom stereocenters. The number of ketones is 1. The van der Waals surface area contributed by atoms with E-state index in [1.165, 1.54) is 11.5 Å². The molecule has 2 fully saturated rings. The number of likely N-dealkylation sites (tertiary alicyclic amines) is 1. The van der Waals surface area contributed by atoms with Crippen molar-refractivity contribution in [1.29, 1.82) is 0 Å². The van der Waals surface area contributed by atoms with E-state index >= 15 is 0 Å². The molecule has 2 aliphatic heterocycles. The summed E-state index contributed by atoms with van der Waals surface area (Å²) >= 11 is 2.03. The Morgan fingerprint density at radius 2 is 1.72 bits per heavy atom. The first kappa shape index (κ1) is 14.4. The van der Waals surface area contributed by atoms with Crippen LogP contribution in [-0.2, 0) is 4.79 Å². The SMILES string of the molecule is CC(C)(C)C(=O)C1C2CSCC2CN1C(C)(C)C. The number of fused-ring (bicyclic) bond motifs is 1. The molecule has 0 spiro atoms. The van der Waals surface area contributed by atoms with Crippen LogP contribution in [0, 0.1) is 17.3 Å². The standard InChI is InChI=1S/C15H27NOS/c1-14(2,3)13(17)12-11-9-18-8-10(11)7-16(12)15(4,5)6/h10-12H,7-9H2,1-6H3. The molecular formula is C15H27NOS. The first-order chi connectivity index (χ1) is 8.12. The van der Waals surface area contributed by atoms with Gasteiger partial charge in [0.15, 0.2) is 5.78 Å². The average Bonchev–Trinajstić information content (AvgIpc) is 2.71. The molecule has 3 heteroatoms. The monoisotopic (exact) mass is 269 g/mol. The maximum Gasteiger partial charge on any atom is 0.155 e. The molecule has 0 amide bonds. The van der Waals surface area contributed by atoms with Crippen LogP contribution in [0.5, 0.6) is 0 Å². The molecule has 0 bridgehead atoms. The minimum absolute atomic E-state index is 0.0978. The summed E-state index contributed by atoms with van der Waals surface area (Å²) in [6.07, 6.45) is 0. The Labute approximate surface area is 116 Å². The Morgan fingerprint density at radius 1 is 1.11 bits per heavy atom.